The lowest BCUT2D eigenvalue weighted by Gasteiger charge is -2.24. The summed E-state index contributed by atoms with van der Waals surface area (Å²) in [5.41, 5.74) is -0.474. The Kier molecular flexibility index (Phi) is 6.52. The van der Waals surface area contributed by atoms with E-state index in [1.54, 1.807) is 0 Å². The molecule has 0 aromatic carbocycles. The minimum absolute atomic E-state index is 0.0133. The van der Waals surface area contributed by atoms with Crippen LogP contribution in [0, 0.1) is 0 Å². The highest BCUT2D eigenvalue weighted by molar-refractivity contribution is 5.76. The zero-order valence-corrected chi connectivity index (χ0v) is 10.2. The summed E-state index contributed by atoms with van der Waals surface area (Å²) in [5.74, 6) is -0.287. The van der Waals surface area contributed by atoms with Gasteiger partial charge in [0.2, 0.25) is 0 Å². The smallest absolute Gasteiger partial charge is 0.323 e. The third-order valence-corrected chi connectivity index (χ3v) is 1.75. The first-order chi connectivity index (χ1) is 6.90. The van der Waals surface area contributed by atoms with Crippen LogP contribution in [0.3, 0.4) is 0 Å². The van der Waals surface area contributed by atoms with Crippen LogP contribution in [-0.2, 0) is 9.53 Å². The number of aliphatic hydroxyl groups excluding tert-OH is 1. The Morgan fingerprint density at radius 2 is 2.07 bits per heavy atom. The van der Waals surface area contributed by atoms with E-state index >= 15 is 0 Å². The van der Waals surface area contributed by atoms with Gasteiger partial charge in [-0.1, -0.05) is 6.92 Å². The molecule has 0 bridgehead atoms. The molecule has 4 nitrogen and oxygen atoms in total. The SMILES string of the molecule is CCCNC(CCO)C(=O)OC(C)(C)C. The van der Waals surface area contributed by atoms with Crippen LogP contribution in [0.5, 0.6) is 0 Å². The number of carbonyl (C=O) groups excluding carboxylic acids is 1. The molecule has 0 aromatic heterocycles. The molecule has 2 N–H and O–H groups in total. The predicted molar refractivity (Wildman–Crippen MR) is 59.6 cm³/mol. The molecule has 1 unspecified atom stereocenters. The molecular formula is C11H23NO3. The number of aliphatic hydroxyl groups is 1. The fraction of sp³-hybridized carbons (Fsp3) is 0.909. The summed E-state index contributed by atoms with van der Waals surface area (Å²) in [6.07, 6.45) is 1.35. The summed E-state index contributed by atoms with van der Waals surface area (Å²) in [5, 5.41) is 11.9. The number of esters is 1. The highest BCUT2D eigenvalue weighted by Crippen LogP contribution is 2.09. The minimum atomic E-state index is -0.474. The van der Waals surface area contributed by atoms with E-state index in [1.807, 2.05) is 27.7 Å². The van der Waals surface area contributed by atoms with Gasteiger partial charge in [0.1, 0.15) is 11.6 Å². The molecule has 0 aliphatic carbocycles. The van der Waals surface area contributed by atoms with Crippen molar-refractivity contribution in [3.63, 3.8) is 0 Å². The zero-order chi connectivity index (χ0) is 11.9. The van der Waals surface area contributed by atoms with E-state index in [2.05, 4.69) is 5.32 Å². The van der Waals surface area contributed by atoms with Crippen LogP contribution in [0.2, 0.25) is 0 Å². The molecule has 0 fully saturated rings. The number of hydrogen-bond donors (Lipinski definition) is 2. The summed E-state index contributed by atoms with van der Waals surface area (Å²) in [7, 11) is 0. The second-order valence-electron chi connectivity index (χ2n) is 4.55. The molecular weight excluding hydrogens is 194 g/mol. The van der Waals surface area contributed by atoms with E-state index in [4.69, 9.17) is 9.84 Å². The number of hydrogen-bond acceptors (Lipinski definition) is 4. The van der Waals surface area contributed by atoms with Gasteiger partial charge in [-0.05, 0) is 40.2 Å². The van der Waals surface area contributed by atoms with Crippen molar-refractivity contribution in [2.24, 2.45) is 0 Å². The normalized spacial score (nSPS) is 13.7. The fourth-order valence-corrected chi connectivity index (χ4v) is 1.12. The van der Waals surface area contributed by atoms with Crippen LogP contribution < -0.4 is 5.32 Å². The first kappa shape index (κ1) is 14.4. The first-order valence-electron chi connectivity index (χ1n) is 5.47. The summed E-state index contributed by atoms with van der Waals surface area (Å²) in [4.78, 5) is 11.7. The largest absolute Gasteiger partial charge is 0.459 e. The Balaban J connectivity index is 4.15. The highest BCUT2D eigenvalue weighted by atomic mass is 16.6. The van der Waals surface area contributed by atoms with E-state index in [9.17, 15) is 4.79 Å². The van der Waals surface area contributed by atoms with Gasteiger partial charge < -0.3 is 15.2 Å². The molecule has 0 heterocycles. The van der Waals surface area contributed by atoms with Gasteiger partial charge in [-0.15, -0.1) is 0 Å². The van der Waals surface area contributed by atoms with Crippen LogP contribution >= 0.6 is 0 Å². The van der Waals surface area contributed by atoms with Crippen LogP contribution in [0.1, 0.15) is 40.5 Å². The summed E-state index contributed by atoms with van der Waals surface area (Å²) in [6, 6.07) is -0.394. The maximum atomic E-state index is 11.7. The number of ether oxygens (including phenoxy) is 1. The second-order valence-corrected chi connectivity index (χ2v) is 4.55. The van der Waals surface area contributed by atoms with Gasteiger partial charge in [0.25, 0.3) is 0 Å². The molecule has 4 heteroatoms. The average Bonchev–Trinajstić information content (AvgIpc) is 2.09. The third kappa shape index (κ3) is 7.33. The van der Waals surface area contributed by atoms with Gasteiger partial charge in [-0.25, -0.2) is 0 Å². The number of rotatable bonds is 6. The van der Waals surface area contributed by atoms with Crippen molar-refractivity contribution in [2.45, 2.75) is 52.2 Å². The fourth-order valence-electron chi connectivity index (χ4n) is 1.12. The molecule has 0 radical (unpaired) electrons. The minimum Gasteiger partial charge on any atom is -0.459 e. The molecule has 1 atom stereocenters. The van der Waals surface area contributed by atoms with Crippen molar-refractivity contribution in [3.8, 4) is 0 Å². The van der Waals surface area contributed by atoms with Gasteiger partial charge in [-0.2, -0.15) is 0 Å². The molecule has 0 aliphatic heterocycles. The van der Waals surface area contributed by atoms with E-state index < -0.39 is 11.6 Å². The van der Waals surface area contributed by atoms with E-state index in [0.29, 0.717) is 6.42 Å². The lowest BCUT2D eigenvalue weighted by atomic mass is 10.1. The van der Waals surface area contributed by atoms with Gasteiger partial charge in [0, 0.05) is 6.61 Å². The lowest BCUT2D eigenvalue weighted by Crippen LogP contribution is -2.42. The third-order valence-electron chi connectivity index (χ3n) is 1.75. The molecule has 0 aromatic rings. The molecule has 0 amide bonds. The Hall–Kier alpha value is -0.610. The Labute approximate surface area is 92.0 Å². The average molecular weight is 217 g/mol. The van der Waals surface area contributed by atoms with Crippen LogP contribution in [-0.4, -0.2) is 35.9 Å². The van der Waals surface area contributed by atoms with E-state index in [0.717, 1.165) is 13.0 Å². The van der Waals surface area contributed by atoms with Crippen molar-refractivity contribution >= 4 is 5.97 Å². The van der Waals surface area contributed by atoms with Crippen molar-refractivity contribution < 1.29 is 14.6 Å². The molecule has 0 saturated heterocycles. The zero-order valence-electron chi connectivity index (χ0n) is 10.2. The maximum absolute atomic E-state index is 11.7. The molecule has 0 saturated carbocycles. The Bertz CT molecular complexity index is 187. The summed E-state index contributed by atoms with van der Waals surface area (Å²) >= 11 is 0. The molecule has 0 aliphatic rings. The monoisotopic (exact) mass is 217 g/mol. The quantitative estimate of drug-likeness (QED) is 0.654. The Morgan fingerprint density at radius 1 is 1.47 bits per heavy atom. The van der Waals surface area contributed by atoms with Crippen molar-refractivity contribution in [2.75, 3.05) is 13.2 Å². The molecule has 90 valence electrons. The van der Waals surface area contributed by atoms with Crippen LogP contribution in [0.4, 0.5) is 0 Å². The van der Waals surface area contributed by atoms with E-state index in [-0.39, 0.29) is 12.6 Å². The van der Waals surface area contributed by atoms with Crippen molar-refractivity contribution in [3.05, 3.63) is 0 Å². The predicted octanol–water partition coefficient (Wildman–Crippen LogP) is 1.08. The number of nitrogens with one attached hydrogen (secondary N) is 1. The maximum Gasteiger partial charge on any atom is 0.323 e. The first-order valence-corrected chi connectivity index (χ1v) is 5.47. The van der Waals surface area contributed by atoms with Gasteiger partial charge in [0.15, 0.2) is 0 Å². The Morgan fingerprint density at radius 3 is 2.47 bits per heavy atom. The van der Waals surface area contributed by atoms with Gasteiger partial charge in [0.05, 0.1) is 0 Å². The van der Waals surface area contributed by atoms with Crippen molar-refractivity contribution in [1.82, 2.24) is 5.32 Å². The summed E-state index contributed by atoms with van der Waals surface area (Å²) in [6.45, 7) is 8.27. The van der Waals surface area contributed by atoms with E-state index in [1.165, 1.54) is 0 Å². The van der Waals surface area contributed by atoms with Gasteiger partial charge >= 0.3 is 5.97 Å². The molecule has 0 spiro atoms. The number of carbonyl (C=O) groups is 1. The van der Waals surface area contributed by atoms with Crippen molar-refractivity contribution in [1.29, 1.82) is 0 Å². The molecule has 15 heavy (non-hydrogen) atoms. The van der Waals surface area contributed by atoms with Crippen LogP contribution in [0.15, 0.2) is 0 Å². The second kappa shape index (κ2) is 6.80. The highest BCUT2D eigenvalue weighted by Gasteiger charge is 2.23. The lowest BCUT2D eigenvalue weighted by molar-refractivity contribution is -0.157. The van der Waals surface area contributed by atoms with Crippen LogP contribution in [0.25, 0.3) is 0 Å². The summed E-state index contributed by atoms with van der Waals surface area (Å²) < 4.78 is 5.24. The van der Waals surface area contributed by atoms with Gasteiger partial charge in [-0.3, -0.25) is 4.79 Å². The standard InChI is InChI=1S/C11H23NO3/c1-5-7-12-9(6-8-13)10(14)15-11(2,3)4/h9,12-13H,5-8H2,1-4H3. The topological polar surface area (TPSA) is 58.6 Å². The molecule has 0 rings (SSSR count).